The second kappa shape index (κ2) is 3.29. The van der Waals surface area contributed by atoms with Gasteiger partial charge in [0.05, 0.1) is 6.10 Å². The molecule has 0 saturated heterocycles. The van der Waals surface area contributed by atoms with E-state index in [1.54, 1.807) is 6.92 Å². The van der Waals surface area contributed by atoms with Gasteiger partial charge in [0, 0.05) is 12.8 Å². The summed E-state index contributed by atoms with van der Waals surface area (Å²) >= 11 is 0. The maximum atomic E-state index is 13.0. The molecule has 1 nitrogen and oxygen atoms in total. The SMILES string of the molecule is CC1CC(C(C)O)CC(F)(F)C1. The number of hydrogen-bond donors (Lipinski definition) is 1. The van der Waals surface area contributed by atoms with E-state index in [0.717, 1.165) is 6.42 Å². The molecule has 1 aliphatic carbocycles. The van der Waals surface area contributed by atoms with Gasteiger partial charge in [0.1, 0.15) is 0 Å². The van der Waals surface area contributed by atoms with Crippen LogP contribution in [-0.4, -0.2) is 17.1 Å². The Morgan fingerprint density at radius 3 is 2.42 bits per heavy atom. The lowest BCUT2D eigenvalue weighted by molar-refractivity contribution is -0.0889. The van der Waals surface area contributed by atoms with Gasteiger partial charge in [0.25, 0.3) is 0 Å². The van der Waals surface area contributed by atoms with Gasteiger partial charge >= 0.3 is 0 Å². The van der Waals surface area contributed by atoms with Crippen LogP contribution in [0, 0.1) is 11.8 Å². The summed E-state index contributed by atoms with van der Waals surface area (Å²) in [6.45, 7) is 3.42. The lowest BCUT2D eigenvalue weighted by Crippen LogP contribution is -2.35. The molecule has 0 radical (unpaired) electrons. The van der Waals surface area contributed by atoms with Crippen LogP contribution in [0.1, 0.15) is 33.1 Å². The summed E-state index contributed by atoms with van der Waals surface area (Å²) in [5.74, 6) is -2.74. The van der Waals surface area contributed by atoms with Crippen LogP contribution in [0.4, 0.5) is 8.78 Å². The van der Waals surface area contributed by atoms with Gasteiger partial charge in [0.15, 0.2) is 0 Å². The Bertz CT molecular complexity index is 157. The Kier molecular flexibility index (Phi) is 2.71. The zero-order valence-corrected chi connectivity index (χ0v) is 7.56. The van der Waals surface area contributed by atoms with Gasteiger partial charge in [-0.1, -0.05) is 6.92 Å². The summed E-state index contributed by atoms with van der Waals surface area (Å²) in [6, 6.07) is 0. The molecule has 0 aromatic heterocycles. The fourth-order valence-electron chi connectivity index (χ4n) is 2.03. The molecule has 0 aliphatic heterocycles. The minimum absolute atomic E-state index is 0.0176. The summed E-state index contributed by atoms with van der Waals surface area (Å²) in [5, 5.41) is 9.19. The number of halogens is 2. The maximum Gasteiger partial charge on any atom is 0.248 e. The lowest BCUT2D eigenvalue weighted by atomic mass is 9.78. The highest BCUT2D eigenvalue weighted by molar-refractivity contribution is 4.84. The van der Waals surface area contributed by atoms with Crippen LogP contribution in [0.15, 0.2) is 0 Å². The van der Waals surface area contributed by atoms with E-state index in [1.165, 1.54) is 0 Å². The minimum Gasteiger partial charge on any atom is -0.393 e. The topological polar surface area (TPSA) is 20.2 Å². The van der Waals surface area contributed by atoms with Crippen LogP contribution >= 0.6 is 0 Å². The van der Waals surface area contributed by atoms with Gasteiger partial charge in [-0.15, -0.1) is 0 Å². The third-order valence-electron chi connectivity index (χ3n) is 2.60. The molecule has 1 fully saturated rings. The van der Waals surface area contributed by atoms with Gasteiger partial charge < -0.3 is 5.11 Å². The number of hydrogen-bond acceptors (Lipinski definition) is 1. The van der Waals surface area contributed by atoms with Crippen LogP contribution in [-0.2, 0) is 0 Å². The van der Waals surface area contributed by atoms with Crippen LogP contribution < -0.4 is 0 Å². The molecule has 1 N–H and O–H groups in total. The largest absolute Gasteiger partial charge is 0.393 e. The monoisotopic (exact) mass is 178 g/mol. The molecule has 72 valence electrons. The highest BCUT2D eigenvalue weighted by atomic mass is 19.3. The van der Waals surface area contributed by atoms with Crippen LogP contribution in [0.3, 0.4) is 0 Å². The van der Waals surface area contributed by atoms with E-state index >= 15 is 0 Å². The zero-order valence-electron chi connectivity index (χ0n) is 7.56. The molecule has 1 aliphatic rings. The van der Waals surface area contributed by atoms with E-state index in [1.807, 2.05) is 6.92 Å². The van der Waals surface area contributed by atoms with Crippen molar-refractivity contribution in [3.8, 4) is 0 Å². The smallest absolute Gasteiger partial charge is 0.248 e. The summed E-state index contributed by atoms with van der Waals surface area (Å²) in [6.07, 6.45) is -0.0306. The average molecular weight is 178 g/mol. The van der Waals surface area contributed by atoms with E-state index in [-0.39, 0.29) is 24.7 Å². The predicted molar refractivity (Wildman–Crippen MR) is 43.1 cm³/mol. The molecule has 0 bridgehead atoms. The maximum absolute atomic E-state index is 13.0. The van der Waals surface area contributed by atoms with Crippen molar-refractivity contribution in [3.05, 3.63) is 0 Å². The van der Waals surface area contributed by atoms with Crippen molar-refractivity contribution < 1.29 is 13.9 Å². The first kappa shape index (κ1) is 9.90. The van der Waals surface area contributed by atoms with E-state index in [0.29, 0.717) is 0 Å². The fraction of sp³-hybridized carbons (Fsp3) is 1.00. The van der Waals surface area contributed by atoms with Gasteiger partial charge in [-0.3, -0.25) is 0 Å². The highest BCUT2D eigenvalue weighted by Gasteiger charge is 2.40. The van der Waals surface area contributed by atoms with Crippen molar-refractivity contribution in [1.29, 1.82) is 0 Å². The Morgan fingerprint density at radius 1 is 1.42 bits per heavy atom. The average Bonchev–Trinajstić information content (AvgIpc) is 1.82. The predicted octanol–water partition coefficient (Wildman–Crippen LogP) is 2.44. The third-order valence-corrected chi connectivity index (χ3v) is 2.60. The summed E-state index contributed by atoms with van der Waals surface area (Å²) < 4.78 is 25.9. The normalized spacial score (nSPS) is 37.8. The number of rotatable bonds is 1. The van der Waals surface area contributed by atoms with E-state index in [2.05, 4.69) is 0 Å². The molecule has 3 unspecified atom stereocenters. The fourth-order valence-corrected chi connectivity index (χ4v) is 2.03. The van der Waals surface area contributed by atoms with Gasteiger partial charge in [0.2, 0.25) is 5.92 Å². The minimum atomic E-state index is -2.56. The van der Waals surface area contributed by atoms with E-state index in [9.17, 15) is 13.9 Å². The molecular formula is C9H16F2O. The van der Waals surface area contributed by atoms with Crippen molar-refractivity contribution in [1.82, 2.24) is 0 Å². The molecule has 0 amide bonds. The quantitative estimate of drug-likeness (QED) is 0.653. The van der Waals surface area contributed by atoms with Crippen molar-refractivity contribution in [2.45, 2.75) is 45.1 Å². The van der Waals surface area contributed by atoms with Crippen LogP contribution in [0.5, 0.6) is 0 Å². The Hall–Kier alpha value is -0.180. The first-order chi connectivity index (χ1) is 5.41. The standard InChI is InChI=1S/C9H16F2O/c1-6-3-8(7(2)12)5-9(10,11)4-6/h6-8,12H,3-5H2,1-2H3. The molecule has 3 heteroatoms. The van der Waals surface area contributed by atoms with Gasteiger partial charge in [-0.2, -0.15) is 0 Å². The summed E-state index contributed by atoms with van der Waals surface area (Å²) in [4.78, 5) is 0. The van der Waals surface area contributed by atoms with Crippen LogP contribution in [0.2, 0.25) is 0 Å². The molecule has 1 saturated carbocycles. The first-order valence-corrected chi connectivity index (χ1v) is 4.46. The van der Waals surface area contributed by atoms with Crippen molar-refractivity contribution in [2.75, 3.05) is 0 Å². The molecule has 0 aromatic carbocycles. The van der Waals surface area contributed by atoms with Crippen molar-refractivity contribution >= 4 is 0 Å². The molecule has 3 atom stereocenters. The second-order valence-electron chi connectivity index (χ2n) is 4.11. The summed E-state index contributed by atoms with van der Waals surface area (Å²) in [7, 11) is 0. The third kappa shape index (κ3) is 2.41. The number of alkyl halides is 2. The molecule has 0 heterocycles. The number of aliphatic hydroxyl groups is 1. The molecule has 0 aromatic rings. The molecular weight excluding hydrogens is 162 g/mol. The lowest BCUT2D eigenvalue weighted by Gasteiger charge is -2.34. The molecule has 0 spiro atoms. The van der Waals surface area contributed by atoms with E-state index < -0.39 is 12.0 Å². The highest BCUT2D eigenvalue weighted by Crippen LogP contribution is 2.40. The Morgan fingerprint density at radius 2 is 2.00 bits per heavy atom. The van der Waals surface area contributed by atoms with Crippen molar-refractivity contribution in [3.63, 3.8) is 0 Å². The van der Waals surface area contributed by atoms with Crippen molar-refractivity contribution in [2.24, 2.45) is 11.8 Å². The van der Waals surface area contributed by atoms with E-state index in [4.69, 9.17) is 0 Å². The van der Waals surface area contributed by atoms with Gasteiger partial charge in [-0.25, -0.2) is 8.78 Å². The Labute approximate surface area is 71.8 Å². The molecule has 12 heavy (non-hydrogen) atoms. The Balaban J connectivity index is 2.58. The van der Waals surface area contributed by atoms with Gasteiger partial charge in [-0.05, 0) is 25.2 Å². The summed E-state index contributed by atoms with van der Waals surface area (Å²) in [5.41, 5.74) is 0. The number of aliphatic hydroxyl groups excluding tert-OH is 1. The molecule has 1 rings (SSSR count). The second-order valence-corrected chi connectivity index (χ2v) is 4.11. The first-order valence-electron chi connectivity index (χ1n) is 4.46. The zero-order chi connectivity index (χ0) is 9.35. The van der Waals surface area contributed by atoms with Crippen LogP contribution in [0.25, 0.3) is 0 Å².